The molecule has 0 aromatic rings. The molecule has 0 saturated heterocycles. The normalized spacial score (nSPS) is 13.5. The Labute approximate surface area is 132 Å². The highest BCUT2D eigenvalue weighted by Gasteiger charge is 2.25. The van der Waals surface area contributed by atoms with E-state index in [4.69, 9.17) is 5.73 Å². The lowest BCUT2D eigenvalue weighted by atomic mass is 9.76. The van der Waals surface area contributed by atoms with Crippen molar-refractivity contribution < 1.29 is 4.79 Å². The Bertz CT molecular complexity index is 281. The van der Waals surface area contributed by atoms with Gasteiger partial charge in [-0.3, -0.25) is 4.79 Å². The van der Waals surface area contributed by atoms with Gasteiger partial charge < -0.3 is 10.6 Å². The fourth-order valence-electron chi connectivity index (χ4n) is 2.86. The van der Waals surface area contributed by atoms with Crippen LogP contribution in [0.15, 0.2) is 0 Å². The fourth-order valence-corrected chi connectivity index (χ4v) is 2.86. The number of carbonyl (C=O) groups excluding carboxylic acids is 1. The molecule has 0 radical (unpaired) electrons. The lowest BCUT2D eigenvalue weighted by Crippen LogP contribution is -2.38. The summed E-state index contributed by atoms with van der Waals surface area (Å²) in [7, 11) is 0. The number of rotatable bonds is 10. The number of nitrogens with zero attached hydrogens (tertiary/aromatic N) is 1. The molecular formula is C18H38N2O. The molecule has 0 spiro atoms. The van der Waals surface area contributed by atoms with Crippen LogP contribution in [-0.2, 0) is 4.79 Å². The van der Waals surface area contributed by atoms with Gasteiger partial charge in [0.15, 0.2) is 0 Å². The molecule has 1 unspecified atom stereocenters. The molecule has 21 heavy (non-hydrogen) atoms. The maximum absolute atomic E-state index is 12.5. The minimum atomic E-state index is 0.227. The second-order valence-electron chi connectivity index (χ2n) is 7.57. The molecule has 0 rings (SSSR count). The number of hydrogen-bond acceptors (Lipinski definition) is 2. The van der Waals surface area contributed by atoms with Gasteiger partial charge in [-0.15, -0.1) is 0 Å². The van der Waals surface area contributed by atoms with Crippen LogP contribution >= 0.6 is 0 Å². The molecule has 126 valence electrons. The Morgan fingerprint density at radius 3 is 2.19 bits per heavy atom. The van der Waals surface area contributed by atoms with Gasteiger partial charge in [0.2, 0.25) is 5.91 Å². The van der Waals surface area contributed by atoms with Crippen LogP contribution in [0.2, 0.25) is 0 Å². The van der Waals surface area contributed by atoms with E-state index in [1.807, 2.05) is 0 Å². The van der Waals surface area contributed by atoms with E-state index in [1.54, 1.807) is 0 Å². The first kappa shape index (κ1) is 20.4. The van der Waals surface area contributed by atoms with Crippen molar-refractivity contribution in [2.24, 2.45) is 17.1 Å². The van der Waals surface area contributed by atoms with Gasteiger partial charge in [-0.2, -0.15) is 0 Å². The molecule has 0 aromatic carbocycles. The molecule has 0 saturated carbocycles. The smallest absolute Gasteiger partial charge is 0.222 e. The zero-order valence-electron chi connectivity index (χ0n) is 15.2. The minimum Gasteiger partial charge on any atom is -0.340 e. The van der Waals surface area contributed by atoms with Crippen molar-refractivity contribution >= 4 is 5.91 Å². The van der Waals surface area contributed by atoms with E-state index in [0.29, 0.717) is 30.8 Å². The molecule has 3 heteroatoms. The summed E-state index contributed by atoms with van der Waals surface area (Å²) >= 11 is 0. The summed E-state index contributed by atoms with van der Waals surface area (Å²) in [5.41, 5.74) is 5.95. The van der Waals surface area contributed by atoms with E-state index < -0.39 is 0 Å². The lowest BCUT2D eigenvalue weighted by molar-refractivity contribution is -0.133. The fraction of sp³-hybridized carbons (Fsp3) is 0.944. The summed E-state index contributed by atoms with van der Waals surface area (Å²) in [6.45, 7) is 14.8. The molecule has 0 aliphatic heterocycles. The van der Waals surface area contributed by atoms with Crippen molar-refractivity contribution in [1.29, 1.82) is 0 Å². The topological polar surface area (TPSA) is 46.3 Å². The third-order valence-corrected chi connectivity index (χ3v) is 4.39. The Morgan fingerprint density at radius 2 is 1.76 bits per heavy atom. The quantitative estimate of drug-likeness (QED) is 0.614. The van der Waals surface area contributed by atoms with Crippen molar-refractivity contribution in [3.63, 3.8) is 0 Å². The first-order chi connectivity index (χ1) is 9.73. The van der Waals surface area contributed by atoms with Crippen LogP contribution in [0.3, 0.4) is 0 Å². The molecule has 0 fully saturated rings. The zero-order valence-corrected chi connectivity index (χ0v) is 15.2. The Morgan fingerprint density at radius 1 is 1.14 bits per heavy atom. The van der Waals surface area contributed by atoms with Crippen LogP contribution in [0.1, 0.15) is 80.1 Å². The van der Waals surface area contributed by atoms with Gasteiger partial charge in [0, 0.05) is 19.0 Å². The van der Waals surface area contributed by atoms with Crippen LogP contribution in [0.4, 0.5) is 0 Å². The predicted molar refractivity (Wildman–Crippen MR) is 92.2 cm³/mol. The molecule has 1 atom stereocenters. The summed E-state index contributed by atoms with van der Waals surface area (Å²) in [5.74, 6) is 0.837. The number of carbonyl (C=O) groups is 1. The molecule has 0 aromatic heterocycles. The molecule has 2 N–H and O–H groups in total. The molecule has 3 nitrogen and oxygen atoms in total. The van der Waals surface area contributed by atoms with Crippen LogP contribution in [0.5, 0.6) is 0 Å². The van der Waals surface area contributed by atoms with Gasteiger partial charge in [0.1, 0.15) is 0 Å². The third kappa shape index (κ3) is 8.45. The van der Waals surface area contributed by atoms with Crippen molar-refractivity contribution in [1.82, 2.24) is 4.90 Å². The number of nitrogens with two attached hydrogens (primary N) is 1. The second kappa shape index (κ2) is 10.2. The minimum absolute atomic E-state index is 0.227. The summed E-state index contributed by atoms with van der Waals surface area (Å²) in [6, 6.07) is 0.303. The largest absolute Gasteiger partial charge is 0.340 e. The highest BCUT2D eigenvalue weighted by Crippen LogP contribution is 2.32. The van der Waals surface area contributed by atoms with E-state index in [9.17, 15) is 4.79 Å². The molecule has 1 amide bonds. The van der Waals surface area contributed by atoms with Gasteiger partial charge in [0.05, 0.1) is 0 Å². The zero-order chi connectivity index (χ0) is 16.5. The highest BCUT2D eigenvalue weighted by molar-refractivity contribution is 5.76. The molecule has 0 bridgehead atoms. The standard InChI is InChI=1S/C18H38N2O/c1-7-8-9-14-20(15(2)3)17(21)11-10-16(12-13-19)18(4,5)6/h15-16H,7-14,19H2,1-6H3. The van der Waals surface area contributed by atoms with Crippen LogP contribution in [-0.4, -0.2) is 29.9 Å². The molecular weight excluding hydrogens is 260 g/mol. The SMILES string of the molecule is CCCCCN(C(=O)CCC(CCN)C(C)(C)C)C(C)C. The predicted octanol–water partition coefficient (Wildman–Crippen LogP) is 4.20. The average molecular weight is 299 g/mol. The Balaban J connectivity index is 4.46. The lowest BCUT2D eigenvalue weighted by Gasteiger charge is -2.32. The van der Waals surface area contributed by atoms with E-state index in [1.165, 1.54) is 12.8 Å². The third-order valence-electron chi connectivity index (χ3n) is 4.39. The number of hydrogen-bond donors (Lipinski definition) is 1. The summed E-state index contributed by atoms with van der Waals surface area (Å²) in [5, 5.41) is 0. The Hall–Kier alpha value is -0.570. The van der Waals surface area contributed by atoms with Gasteiger partial charge in [-0.05, 0) is 51.0 Å². The van der Waals surface area contributed by atoms with E-state index in [2.05, 4.69) is 46.4 Å². The maximum atomic E-state index is 12.5. The summed E-state index contributed by atoms with van der Waals surface area (Å²) in [4.78, 5) is 14.6. The first-order valence-corrected chi connectivity index (χ1v) is 8.73. The number of amides is 1. The van der Waals surface area contributed by atoms with Crippen LogP contribution in [0, 0.1) is 11.3 Å². The van der Waals surface area contributed by atoms with Gasteiger partial charge >= 0.3 is 0 Å². The monoisotopic (exact) mass is 298 g/mol. The highest BCUT2D eigenvalue weighted by atomic mass is 16.2. The van der Waals surface area contributed by atoms with Crippen LogP contribution < -0.4 is 5.73 Å². The average Bonchev–Trinajstić information content (AvgIpc) is 2.37. The summed E-state index contributed by atoms with van der Waals surface area (Å²) < 4.78 is 0. The van der Waals surface area contributed by atoms with Crippen LogP contribution in [0.25, 0.3) is 0 Å². The van der Waals surface area contributed by atoms with Gasteiger partial charge in [0.25, 0.3) is 0 Å². The molecule has 0 aliphatic carbocycles. The Kier molecular flexibility index (Phi) is 9.93. The second-order valence-corrected chi connectivity index (χ2v) is 7.57. The van der Waals surface area contributed by atoms with Gasteiger partial charge in [-0.1, -0.05) is 40.5 Å². The van der Waals surface area contributed by atoms with Crippen molar-refractivity contribution in [2.45, 2.75) is 86.1 Å². The van der Waals surface area contributed by atoms with E-state index in [-0.39, 0.29) is 5.41 Å². The molecule has 0 heterocycles. The summed E-state index contributed by atoms with van der Waals surface area (Å²) in [6.07, 6.45) is 6.14. The van der Waals surface area contributed by atoms with Crippen molar-refractivity contribution in [3.05, 3.63) is 0 Å². The molecule has 0 aliphatic rings. The maximum Gasteiger partial charge on any atom is 0.222 e. The number of unbranched alkanes of at least 4 members (excludes halogenated alkanes) is 2. The van der Waals surface area contributed by atoms with E-state index in [0.717, 1.165) is 25.8 Å². The van der Waals surface area contributed by atoms with E-state index >= 15 is 0 Å². The first-order valence-electron chi connectivity index (χ1n) is 8.73. The van der Waals surface area contributed by atoms with Crippen molar-refractivity contribution in [3.8, 4) is 0 Å². The van der Waals surface area contributed by atoms with Gasteiger partial charge in [-0.25, -0.2) is 0 Å². The van der Waals surface area contributed by atoms with Crippen molar-refractivity contribution in [2.75, 3.05) is 13.1 Å².